The van der Waals surface area contributed by atoms with Gasteiger partial charge in [-0.1, -0.05) is 20.3 Å². The number of unbranched alkanes of at least 4 members (excludes halogenated alkanes) is 1. The molecule has 0 radical (unpaired) electrons. The lowest BCUT2D eigenvalue weighted by Gasteiger charge is -2.10. The van der Waals surface area contributed by atoms with Gasteiger partial charge >= 0.3 is 6.01 Å². The Labute approximate surface area is 126 Å². The summed E-state index contributed by atoms with van der Waals surface area (Å²) in [6.07, 6.45) is 3.24. The van der Waals surface area contributed by atoms with E-state index in [1.54, 1.807) is 0 Å². The Morgan fingerprint density at radius 3 is 2.19 bits per heavy atom. The zero-order valence-corrected chi connectivity index (χ0v) is 13.3. The normalized spacial score (nSPS) is 10.4. The van der Waals surface area contributed by atoms with Crippen molar-refractivity contribution in [1.82, 2.24) is 15.0 Å². The van der Waals surface area contributed by atoms with E-state index >= 15 is 0 Å². The third kappa shape index (κ3) is 7.65. The zero-order chi connectivity index (χ0) is 15.3. The molecule has 0 saturated heterocycles. The van der Waals surface area contributed by atoms with Crippen LogP contribution in [0, 0.1) is 0 Å². The van der Waals surface area contributed by atoms with Crippen LogP contribution in [0.1, 0.15) is 40.0 Å². The first-order valence-corrected chi connectivity index (χ1v) is 7.74. The van der Waals surface area contributed by atoms with Crippen molar-refractivity contribution >= 4 is 11.9 Å². The van der Waals surface area contributed by atoms with Gasteiger partial charge < -0.3 is 20.1 Å². The molecule has 7 nitrogen and oxygen atoms in total. The van der Waals surface area contributed by atoms with Gasteiger partial charge in [0.15, 0.2) is 0 Å². The molecule has 2 N–H and O–H groups in total. The summed E-state index contributed by atoms with van der Waals surface area (Å²) >= 11 is 0. The Bertz CT molecular complexity index is 390. The topological polar surface area (TPSA) is 81.2 Å². The number of hydrogen-bond donors (Lipinski definition) is 2. The monoisotopic (exact) mass is 297 g/mol. The number of anilines is 2. The minimum Gasteiger partial charge on any atom is -0.464 e. The van der Waals surface area contributed by atoms with Gasteiger partial charge in [0.2, 0.25) is 11.9 Å². The second kappa shape index (κ2) is 11.1. The molecule has 1 heterocycles. The maximum atomic E-state index is 5.49. The fourth-order valence-electron chi connectivity index (χ4n) is 1.53. The first kappa shape index (κ1) is 17.4. The van der Waals surface area contributed by atoms with Crippen molar-refractivity contribution in [3.63, 3.8) is 0 Å². The van der Waals surface area contributed by atoms with Gasteiger partial charge in [-0.3, -0.25) is 0 Å². The van der Waals surface area contributed by atoms with Crippen LogP contribution < -0.4 is 15.4 Å². The maximum absolute atomic E-state index is 5.49. The van der Waals surface area contributed by atoms with Crippen LogP contribution in [0.4, 0.5) is 11.9 Å². The number of rotatable bonds is 12. The maximum Gasteiger partial charge on any atom is 0.323 e. The highest BCUT2D eigenvalue weighted by molar-refractivity contribution is 5.35. The van der Waals surface area contributed by atoms with E-state index in [0.29, 0.717) is 37.7 Å². The predicted octanol–water partition coefficient (Wildman–Crippen LogP) is 2.32. The Morgan fingerprint density at radius 1 is 0.857 bits per heavy atom. The fraction of sp³-hybridized carbons (Fsp3) is 0.786. The van der Waals surface area contributed by atoms with Gasteiger partial charge in [0, 0.05) is 19.7 Å². The average molecular weight is 297 g/mol. The summed E-state index contributed by atoms with van der Waals surface area (Å²) in [6, 6.07) is 0.334. The van der Waals surface area contributed by atoms with E-state index < -0.39 is 0 Å². The molecule has 0 spiro atoms. The molecule has 0 aliphatic carbocycles. The molecule has 0 aromatic carbocycles. The summed E-state index contributed by atoms with van der Waals surface area (Å²) in [5, 5.41) is 6.27. The highest BCUT2D eigenvalue weighted by Gasteiger charge is 2.06. The van der Waals surface area contributed by atoms with E-state index in [4.69, 9.17) is 9.47 Å². The molecule has 0 amide bonds. The van der Waals surface area contributed by atoms with Crippen molar-refractivity contribution in [2.75, 3.05) is 43.5 Å². The summed E-state index contributed by atoms with van der Waals surface area (Å²) in [7, 11) is 0. The van der Waals surface area contributed by atoms with Crippen LogP contribution >= 0.6 is 0 Å². The second-order valence-corrected chi connectivity index (χ2v) is 4.52. The molecule has 21 heavy (non-hydrogen) atoms. The molecule has 0 unspecified atom stereocenters. The quantitative estimate of drug-likeness (QED) is 0.573. The van der Waals surface area contributed by atoms with E-state index in [1.165, 1.54) is 0 Å². The van der Waals surface area contributed by atoms with Crippen LogP contribution in [-0.4, -0.2) is 47.9 Å². The molecule has 120 valence electrons. The third-order valence-corrected chi connectivity index (χ3v) is 2.59. The lowest BCUT2D eigenvalue weighted by atomic mass is 10.4. The van der Waals surface area contributed by atoms with Crippen molar-refractivity contribution in [2.45, 2.75) is 40.0 Å². The van der Waals surface area contributed by atoms with Crippen LogP contribution in [0.25, 0.3) is 0 Å². The average Bonchev–Trinajstić information content (AvgIpc) is 2.49. The van der Waals surface area contributed by atoms with Crippen molar-refractivity contribution in [1.29, 1.82) is 0 Å². The largest absolute Gasteiger partial charge is 0.464 e. The molecule has 0 aliphatic rings. The lowest BCUT2D eigenvalue weighted by molar-refractivity contribution is 0.141. The Kier molecular flexibility index (Phi) is 9.19. The number of aromatic nitrogens is 3. The summed E-state index contributed by atoms with van der Waals surface area (Å²) in [4.78, 5) is 12.7. The van der Waals surface area contributed by atoms with Gasteiger partial charge in [0.1, 0.15) is 0 Å². The van der Waals surface area contributed by atoms with Crippen molar-refractivity contribution < 1.29 is 9.47 Å². The highest BCUT2D eigenvalue weighted by Crippen LogP contribution is 2.11. The predicted molar refractivity (Wildman–Crippen MR) is 84.0 cm³/mol. The summed E-state index contributed by atoms with van der Waals surface area (Å²) in [6.45, 7) is 9.56. The Morgan fingerprint density at radius 2 is 1.57 bits per heavy atom. The van der Waals surface area contributed by atoms with Gasteiger partial charge in [-0.2, -0.15) is 15.0 Å². The van der Waals surface area contributed by atoms with E-state index in [-0.39, 0.29) is 0 Å². The lowest BCUT2D eigenvalue weighted by Crippen LogP contribution is -2.15. The van der Waals surface area contributed by atoms with Crippen molar-refractivity contribution in [3.8, 4) is 6.01 Å². The minimum atomic E-state index is 0.334. The Balaban J connectivity index is 2.48. The molecule has 1 aromatic rings. The molecular formula is C14H27N5O2. The first-order valence-electron chi connectivity index (χ1n) is 7.74. The second-order valence-electron chi connectivity index (χ2n) is 4.52. The van der Waals surface area contributed by atoms with Gasteiger partial charge in [0.25, 0.3) is 0 Å². The van der Waals surface area contributed by atoms with Crippen LogP contribution in [0.15, 0.2) is 0 Å². The smallest absolute Gasteiger partial charge is 0.323 e. The first-order chi connectivity index (χ1) is 10.3. The summed E-state index contributed by atoms with van der Waals surface area (Å²) in [5.74, 6) is 1.04. The fourth-order valence-corrected chi connectivity index (χ4v) is 1.53. The zero-order valence-electron chi connectivity index (χ0n) is 13.3. The standard InChI is InChI=1S/C14H27N5O2/c1-4-7-10-20-11-9-16-13-17-12(15-8-5-2)18-14(19-13)21-6-3/h4-11H2,1-3H3,(H2,15,16,17,18,19). The van der Waals surface area contributed by atoms with Crippen molar-refractivity contribution in [3.05, 3.63) is 0 Å². The number of ether oxygens (including phenoxy) is 2. The van der Waals surface area contributed by atoms with Crippen LogP contribution in [0.5, 0.6) is 6.01 Å². The van der Waals surface area contributed by atoms with Crippen LogP contribution in [0.2, 0.25) is 0 Å². The molecule has 0 bridgehead atoms. The molecule has 0 aliphatic heterocycles. The molecular weight excluding hydrogens is 270 g/mol. The minimum absolute atomic E-state index is 0.334. The molecule has 1 rings (SSSR count). The van der Waals surface area contributed by atoms with Crippen LogP contribution in [0.3, 0.4) is 0 Å². The summed E-state index contributed by atoms with van der Waals surface area (Å²) < 4.78 is 10.8. The summed E-state index contributed by atoms with van der Waals surface area (Å²) in [5.41, 5.74) is 0. The molecule has 0 fully saturated rings. The van der Waals surface area contributed by atoms with E-state index in [2.05, 4.69) is 39.4 Å². The SMILES string of the molecule is CCCCOCCNc1nc(NCCC)nc(OCC)n1. The Hall–Kier alpha value is -1.63. The van der Waals surface area contributed by atoms with Gasteiger partial charge in [-0.25, -0.2) is 0 Å². The highest BCUT2D eigenvalue weighted by atomic mass is 16.5. The molecule has 0 saturated carbocycles. The number of nitrogens with one attached hydrogen (secondary N) is 2. The van der Waals surface area contributed by atoms with E-state index in [1.807, 2.05) is 6.92 Å². The van der Waals surface area contributed by atoms with Gasteiger partial charge in [-0.05, 0) is 19.8 Å². The number of hydrogen-bond acceptors (Lipinski definition) is 7. The van der Waals surface area contributed by atoms with Gasteiger partial charge in [0.05, 0.1) is 13.2 Å². The van der Waals surface area contributed by atoms with Gasteiger partial charge in [-0.15, -0.1) is 0 Å². The van der Waals surface area contributed by atoms with Crippen LogP contribution in [-0.2, 0) is 4.74 Å². The molecule has 0 atom stereocenters. The molecule has 1 aromatic heterocycles. The van der Waals surface area contributed by atoms with E-state index in [0.717, 1.165) is 32.4 Å². The molecule has 7 heteroatoms. The van der Waals surface area contributed by atoms with Crippen molar-refractivity contribution in [2.24, 2.45) is 0 Å². The number of nitrogens with zero attached hydrogens (tertiary/aromatic N) is 3. The van der Waals surface area contributed by atoms with E-state index in [9.17, 15) is 0 Å². The third-order valence-electron chi connectivity index (χ3n) is 2.59.